The van der Waals surface area contributed by atoms with Gasteiger partial charge in [0.25, 0.3) is 0 Å². The Labute approximate surface area is 156 Å². The predicted molar refractivity (Wildman–Crippen MR) is 102 cm³/mol. The van der Waals surface area contributed by atoms with Crippen molar-refractivity contribution in [1.29, 1.82) is 0 Å². The number of rotatable bonds is 5. The summed E-state index contributed by atoms with van der Waals surface area (Å²) in [6.45, 7) is 0.414. The zero-order valence-corrected chi connectivity index (χ0v) is 15.3. The van der Waals surface area contributed by atoms with Crippen LogP contribution in [-0.4, -0.2) is 36.5 Å². The number of hydrogen-bond donors (Lipinski definition) is 1. The maximum atomic E-state index is 11.2. The molecule has 2 aromatic heterocycles. The second-order valence-corrected chi connectivity index (χ2v) is 8.83. The molecule has 1 fully saturated rings. The summed E-state index contributed by atoms with van der Waals surface area (Å²) in [4.78, 5) is 8.43. The molecule has 0 atom stereocenters. The number of nitrogens with one attached hydrogen (secondary N) is 1. The topological polar surface area (TPSA) is 81.2 Å². The third-order valence-electron chi connectivity index (χ3n) is 4.19. The summed E-state index contributed by atoms with van der Waals surface area (Å²) in [5, 5.41) is 5.58. The second kappa shape index (κ2) is 6.74. The van der Waals surface area contributed by atoms with Crippen LogP contribution in [0, 0.1) is 5.92 Å². The Balaban J connectivity index is 1.51. The number of sulfone groups is 1. The fourth-order valence-electron chi connectivity index (χ4n) is 2.91. The van der Waals surface area contributed by atoms with Gasteiger partial charge in [0.1, 0.15) is 16.7 Å². The molecule has 8 heteroatoms. The van der Waals surface area contributed by atoms with Crippen LogP contribution < -0.4 is 10.1 Å². The second-order valence-electron chi connectivity index (χ2n) is 6.29. The standard InChI is InChI=1S/C18H16ClN3O3S/c19-17-4-1-14(8-21-17)22-18-16-3-2-15(7-13(16)5-6-20-18)25-9-12-10-26(23,24)11-12/h1-8,12H,9-11H2,(H,20,22). The van der Waals surface area contributed by atoms with Crippen LogP contribution in [0.25, 0.3) is 10.8 Å². The number of aromatic nitrogens is 2. The lowest BCUT2D eigenvalue weighted by atomic mass is 10.1. The van der Waals surface area contributed by atoms with Crippen LogP contribution in [0.15, 0.2) is 48.8 Å². The minimum atomic E-state index is -2.82. The minimum Gasteiger partial charge on any atom is -0.493 e. The van der Waals surface area contributed by atoms with Gasteiger partial charge >= 0.3 is 0 Å². The summed E-state index contributed by atoms with van der Waals surface area (Å²) < 4.78 is 28.2. The molecule has 1 saturated heterocycles. The first-order valence-electron chi connectivity index (χ1n) is 8.09. The van der Waals surface area contributed by atoms with E-state index in [-0.39, 0.29) is 17.4 Å². The normalized spacial score (nSPS) is 16.2. The van der Waals surface area contributed by atoms with Gasteiger partial charge in [-0.2, -0.15) is 0 Å². The number of benzene rings is 1. The highest BCUT2D eigenvalue weighted by Crippen LogP contribution is 2.28. The predicted octanol–water partition coefficient (Wildman–Crippen LogP) is 3.45. The molecule has 1 N–H and O–H groups in total. The molecule has 1 aliphatic heterocycles. The molecule has 134 valence electrons. The lowest BCUT2D eigenvalue weighted by molar-refractivity contribution is 0.264. The van der Waals surface area contributed by atoms with E-state index < -0.39 is 9.84 Å². The van der Waals surface area contributed by atoms with Crippen molar-refractivity contribution < 1.29 is 13.2 Å². The van der Waals surface area contributed by atoms with Crippen molar-refractivity contribution in [2.75, 3.05) is 23.4 Å². The molecule has 1 aromatic carbocycles. The maximum Gasteiger partial charge on any atom is 0.151 e. The summed E-state index contributed by atoms with van der Waals surface area (Å²) in [5.41, 5.74) is 0.793. The zero-order chi connectivity index (χ0) is 18.1. The number of halogens is 1. The molecule has 3 heterocycles. The van der Waals surface area contributed by atoms with E-state index in [0.717, 1.165) is 16.5 Å². The average Bonchev–Trinajstić information content (AvgIpc) is 2.60. The first-order chi connectivity index (χ1) is 12.5. The van der Waals surface area contributed by atoms with E-state index in [4.69, 9.17) is 16.3 Å². The Morgan fingerprint density at radius 3 is 2.73 bits per heavy atom. The Morgan fingerprint density at radius 1 is 1.15 bits per heavy atom. The molecule has 6 nitrogen and oxygen atoms in total. The van der Waals surface area contributed by atoms with Crippen molar-refractivity contribution in [2.45, 2.75) is 0 Å². The Hall–Kier alpha value is -2.38. The lowest BCUT2D eigenvalue weighted by Crippen LogP contribution is -2.39. The van der Waals surface area contributed by atoms with Crippen molar-refractivity contribution in [1.82, 2.24) is 9.97 Å². The quantitative estimate of drug-likeness (QED) is 0.673. The highest BCUT2D eigenvalue weighted by molar-refractivity contribution is 7.92. The Morgan fingerprint density at radius 2 is 2.00 bits per heavy atom. The molecule has 0 radical (unpaired) electrons. The first-order valence-corrected chi connectivity index (χ1v) is 10.3. The van der Waals surface area contributed by atoms with E-state index in [1.165, 1.54) is 0 Å². The van der Waals surface area contributed by atoms with E-state index in [2.05, 4.69) is 15.3 Å². The third kappa shape index (κ3) is 3.73. The van der Waals surface area contributed by atoms with Gasteiger partial charge in [0.15, 0.2) is 9.84 Å². The van der Waals surface area contributed by atoms with Crippen LogP contribution in [0.4, 0.5) is 11.5 Å². The van der Waals surface area contributed by atoms with Gasteiger partial charge in [0.05, 0.1) is 30.0 Å². The van der Waals surface area contributed by atoms with Crippen LogP contribution in [0.2, 0.25) is 5.15 Å². The highest BCUT2D eigenvalue weighted by atomic mass is 35.5. The van der Waals surface area contributed by atoms with E-state index in [0.29, 0.717) is 23.3 Å². The van der Waals surface area contributed by atoms with Gasteiger partial charge in [-0.25, -0.2) is 18.4 Å². The molecule has 0 amide bonds. The summed E-state index contributed by atoms with van der Waals surface area (Å²) in [7, 11) is -2.82. The van der Waals surface area contributed by atoms with Gasteiger partial charge in [0.2, 0.25) is 0 Å². The lowest BCUT2D eigenvalue weighted by Gasteiger charge is -2.25. The van der Waals surface area contributed by atoms with Crippen molar-refractivity contribution in [3.8, 4) is 5.75 Å². The molecule has 0 unspecified atom stereocenters. The van der Waals surface area contributed by atoms with E-state index in [1.807, 2.05) is 30.3 Å². The average molecular weight is 390 g/mol. The number of nitrogens with zero attached hydrogens (tertiary/aromatic N) is 2. The zero-order valence-electron chi connectivity index (χ0n) is 13.7. The van der Waals surface area contributed by atoms with Crippen LogP contribution in [0.3, 0.4) is 0 Å². The molecule has 26 heavy (non-hydrogen) atoms. The van der Waals surface area contributed by atoms with Gasteiger partial charge < -0.3 is 10.1 Å². The molecule has 0 bridgehead atoms. The summed E-state index contributed by atoms with van der Waals surface area (Å²) in [6, 6.07) is 11.2. The van der Waals surface area contributed by atoms with Crippen molar-refractivity contribution in [2.24, 2.45) is 5.92 Å². The van der Waals surface area contributed by atoms with Gasteiger partial charge in [-0.3, -0.25) is 0 Å². The molecule has 3 aromatic rings. The fraction of sp³-hybridized carbons (Fsp3) is 0.222. The largest absolute Gasteiger partial charge is 0.493 e. The maximum absolute atomic E-state index is 11.2. The molecule has 4 rings (SSSR count). The summed E-state index contributed by atoms with van der Waals surface area (Å²) in [5.74, 6) is 1.94. The smallest absolute Gasteiger partial charge is 0.151 e. The Bertz CT molecular complexity index is 1040. The summed E-state index contributed by atoms with van der Waals surface area (Å²) in [6.07, 6.45) is 3.36. The molecular formula is C18H16ClN3O3S. The van der Waals surface area contributed by atoms with Crippen LogP contribution in [0.1, 0.15) is 0 Å². The third-order valence-corrected chi connectivity index (χ3v) is 6.37. The Kier molecular flexibility index (Phi) is 4.42. The van der Waals surface area contributed by atoms with Crippen molar-refractivity contribution >= 4 is 43.7 Å². The van der Waals surface area contributed by atoms with E-state index >= 15 is 0 Å². The molecule has 0 spiro atoms. The number of ether oxygens (including phenoxy) is 1. The first kappa shape index (κ1) is 17.1. The molecule has 0 aliphatic carbocycles. The van der Waals surface area contributed by atoms with Crippen LogP contribution in [-0.2, 0) is 9.84 Å². The van der Waals surface area contributed by atoms with Gasteiger partial charge in [0, 0.05) is 17.5 Å². The van der Waals surface area contributed by atoms with Gasteiger partial charge in [-0.15, -0.1) is 0 Å². The van der Waals surface area contributed by atoms with Crippen molar-refractivity contribution in [3.63, 3.8) is 0 Å². The number of pyridine rings is 2. The monoisotopic (exact) mass is 389 g/mol. The molecular weight excluding hydrogens is 374 g/mol. The van der Waals surface area contributed by atoms with Crippen molar-refractivity contribution in [3.05, 3.63) is 53.9 Å². The van der Waals surface area contributed by atoms with Gasteiger partial charge in [-0.1, -0.05) is 11.6 Å². The van der Waals surface area contributed by atoms with E-state index in [9.17, 15) is 8.42 Å². The van der Waals surface area contributed by atoms with Crippen LogP contribution in [0.5, 0.6) is 5.75 Å². The molecule has 0 saturated carbocycles. The van der Waals surface area contributed by atoms with E-state index in [1.54, 1.807) is 18.5 Å². The fourth-order valence-corrected chi connectivity index (χ4v) is 4.55. The number of anilines is 2. The number of hydrogen-bond acceptors (Lipinski definition) is 6. The summed E-state index contributed by atoms with van der Waals surface area (Å²) >= 11 is 5.81. The molecule has 1 aliphatic rings. The van der Waals surface area contributed by atoms with Crippen LogP contribution >= 0.6 is 11.6 Å². The van der Waals surface area contributed by atoms with Gasteiger partial charge in [-0.05, 0) is 41.8 Å². The highest BCUT2D eigenvalue weighted by Gasteiger charge is 2.33. The minimum absolute atomic E-state index is 0.0859. The SMILES string of the molecule is O=S1(=O)CC(COc2ccc3c(Nc4ccc(Cl)nc4)nccc3c2)C1. The number of fused-ring (bicyclic) bond motifs is 1.